The predicted octanol–water partition coefficient (Wildman–Crippen LogP) is 4.71. The maximum Gasteiger partial charge on any atom is 0.350 e. The van der Waals surface area contributed by atoms with Crippen molar-refractivity contribution in [3.63, 3.8) is 0 Å². The lowest BCUT2D eigenvalue weighted by Gasteiger charge is -2.23. The van der Waals surface area contributed by atoms with Crippen molar-refractivity contribution < 1.29 is 33.4 Å². The van der Waals surface area contributed by atoms with Gasteiger partial charge in [-0.3, -0.25) is 14.5 Å². The molecule has 1 saturated heterocycles. The summed E-state index contributed by atoms with van der Waals surface area (Å²) < 4.78 is 24.0. The van der Waals surface area contributed by atoms with E-state index in [1.807, 2.05) is 0 Å². The fraction of sp³-hybridized carbons (Fsp3) is 0.231. The van der Waals surface area contributed by atoms with Crippen LogP contribution in [-0.2, 0) is 14.3 Å². The minimum atomic E-state index is -1.10. The van der Waals surface area contributed by atoms with Crippen LogP contribution in [0.5, 0.6) is 5.75 Å². The number of ether oxygens (including phenoxy) is 2. The van der Waals surface area contributed by atoms with Gasteiger partial charge in [0.1, 0.15) is 22.2 Å². The van der Waals surface area contributed by atoms with Gasteiger partial charge in [-0.15, -0.1) is 0 Å². The van der Waals surface area contributed by atoms with Crippen molar-refractivity contribution >= 4 is 39.9 Å². The lowest BCUT2D eigenvalue weighted by atomic mass is 9.94. The number of esters is 1. The quantitative estimate of drug-likeness (QED) is 0.222. The van der Waals surface area contributed by atoms with E-state index in [2.05, 4.69) is 4.98 Å². The van der Waals surface area contributed by atoms with Crippen LogP contribution in [0.2, 0.25) is 0 Å². The number of carbonyl (C=O) groups is 3. The summed E-state index contributed by atoms with van der Waals surface area (Å²) in [6.45, 7) is 5.16. The maximum absolute atomic E-state index is 13.7. The second-order valence-electron chi connectivity index (χ2n) is 8.03. The van der Waals surface area contributed by atoms with E-state index >= 15 is 0 Å². The van der Waals surface area contributed by atoms with Crippen LogP contribution >= 0.6 is 11.3 Å². The van der Waals surface area contributed by atoms with Gasteiger partial charge in [0.2, 0.25) is 0 Å². The van der Waals surface area contributed by atoms with E-state index in [4.69, 9.17) is 9.47 Å². The van der Waals surface area contributed by atoms with Gasteiger partial charge in [0.15, 0.2) is 5.13 Å². The number of carbonyl (C=O) groups excluding carboxylic acids is 3. The molecule has 0 saturated carbocycles. The Kier molecular flexibility index (Phi) is 6.89. The van der Waals surface area contributed by atoms with Crippen LogP contribution in [0.4, 0.5) is 9.52 Å². The number of nitrogens with zero attached hydrogens (tertiary/aromatic N) is 2. The molecular formula is C26H23FN2O6S. The number of rotatable bonds is 6. The van der Waals surface area contributed by atoms with E-state index in [9.17, 15) is 23.9 Å². The van der Waals surface area contributed by atoms with Crippen LogP contribution in [0, 0.1) is 19.7 Å². The average molecular weight is 511 g/mol. The van der Waals surface area contributed by atoms with E-state index < -0.39 is 29.5 Å². The van der Waals surface area contributed by atoms with Crippen LogP contribution in [0.1, 0.15) is 45.0 Å². The molecule has 0 spiro atoms. The molecule has 2 aromatic carbocycles. The van der Waals surface area contributed by atoms with Gasteiger partial charge in [-0.1, -0.05) is 23.5 Å². The maximum atomic E-state index is 13.7. The zero-order valence-electron chi connectivity index (χ0n) is 20.0. The Balaban J connectivity index is 1.92. The highest BCUT2D eigenvalue weighted by atomic mass is 32.1. The summed E-state index contributed by atoms with van der Waals surface area (Å²) in [6.07, 6.45) is 0. The van der Waals surface area contributed by atoms with E-state index in [1.165, 1.54) is 31.4 Å². The number of aryl methyl sites for hydroxylation is 2. The second kappa shape index (κ2) is 9.90. The molecule has 1 fully saturated rings. The summed E-state index contributed by atoms with van der Waals surface area (Å²) >= 11 is 0.902. The van der Waals surface area contributed by atoms with Gasteiger partial charge in [-0.2, -0.15) is 0 Å². The summed E-state index contributed by atoms with van der Waals surface area (Å²) in [5.41, 5.74) is 1.49. The van der Waals surface area contributed by atoms with Crippen molar-refractivity contribution in [2.75, 3.05) is 18.6 Å². The number of anilines is 1. The molecule has 1 atom stereocenters. The largest absolute Gasteiger partial charge is 0.507 e. The lowest BCUT2D eigenvalue weighted by Crippen LogP contribution is -2.29. The number of aliphatic hydroxyl groups is 1. The zero-order valence-corrected chi connectivity index (χ0v) is 20.8. The monoisotopic (exact) mass is 510 g/mol. The molecule has 0 bridgehead atoms. The number of benzene rings is 2. The number of hydrogen-bond acceptors (Lipinski definition) is 8. The number of methoxy groups -OCH3 is 1. The van der Waals surface area contributed by atoms with Gasteiger partial charge in [0.05, 0.1) is 31.0 Å². The molecule has 10 heteroatoms. The van der Waals surface area contributed by atoms with Crippen LogP contribution in [0.25, 0.3) is 5.76 Å². The first kappa shape index (κ1) is 25.1. The Bertz CT molecular complexity index is 1400. The van der Waals surface area contributed by atoms with E-state index in [0.717, 1.165) is 16.2 Å². The molecule has 1 aliphatic heterocycles. The molecule has 1 aromatic heterocycles. The number of halogens is 1. The molecule has 0 aliphatic carbocycles. The fourth-order valence-electron chi connectivity index (χ4n) is 4.04. The lowest BCUT2D eigenvalue weighted by molar-refractivity contribution is -0.132. The van der Waals surface area contributed by atoms with Crippen molar-refractivity contribution in [2.24, 2.45) is 0 Å². The van der Waals surface area contributed by atoms with Gasteiger partial charge in [0.25, 0.3) is 5.78 Å². The van der Waals surface area contributed by atoms with Crippen LogP contribution < -0.4 is 9.64 Å². The van der Waals surface area contributed by atoms with E-state index in [-0.39, 0.29) is 27.9 Å². The van der Waals surface area contributed by atoms with Crippen LogP contribution in [-0.4, -0.2) is 41.5 Å². The predicted molar refractivity (Wildman–Crippen MR) is 132 cm³/mol. The number of ketones is 1. The van der Waals surface area contributed by atoms with Gasteiger partial charge in [0, 0.05) is 5.56 Å². The zero-order chi connectivity index (χ0) is 26.1. The Labute approximate surface area is 210 Å². The van der Waals surface area contributed by atoms with E-state index in [1.54, 1.807) is 39.0 Å². The highest BCUT2D eigenvalue weighted by molar-refractivity contribution is 7.17. The summed E-state index contributed by atoms with van der Waals surface area (Å²) in [7, 11) is 1.51. The van der Waals surface area contributed by atoms with Gasteiger partial charge < -0.3 is 14.6 Å². The van der Waals surface area contributed by atoms with E-state index in [0.29, 0.717) is 28.1 Å². The van der Waals surface area contributed by atoms with Gasteiger partial charge in [-0.05, 0) is 62.2 Å². The Hall–Kier alpha value is -4.05. The van der Waals surface area contributed by atoms with Crippen molar-refractivity contribution in [1.82, 2.24) is 4.98 Å². The first-order chi connectivity index (χ1) is 17.2. The molecular weight excluding hydrogens is 487 g/mol. The number of aliphatic hydroxyl groups excluding tert-OH is 1. The molecule has 1 aliphatic rings. The van der Waals surface area contributed by atoms with Crippen molar-refractivity contribution in [1.29, 1.82) is 0 Å². The van der Waals surface area contributed by atoms with Crippen molar-refractivity contribution in [3.05, 3.63) is 81.1 Å². The number of thiazole rings is 1. The fourth-order valence-corrected chi connectivity index (χ4v) is 5.02. The number of aromatic nitrogens is 1. The standard InChI is InChI=1S/C26H23FN2O6S/c1-5-35-25(33)23-14(3)28-26(36-23)29-20(15-6-8-16(27)9-7-15)19(22(31)24(29)32)21(30)18-11-10-17(34-4)12-13(18)2/h6-12,20,30H,5H2,1-4H3/b21-19+/t20-/m0/s1. The number of hydrogen-bond donors (Lipinski definition) is 1. The molecule has 4 rings (SSSR count). The SMILES string of the molecule is CCOC(=O)c1sc(N2C(=O)C(=O)/C(=C(/O)c3ccc(OC)cc3C)[C@@H]2c2ccc(F)cc2)nc1C. The first-order valence-corrected chi connectivity index (χ1v) is 11.9. The third kappa shape index (κ3) is 4.35. The van der Waals surface area contributed by atoms with Crippen LogP contribution in [0.15, 0.2) is 48.0 Å². The number of Topliss-reactive ketones (excluding diaryl/α,β-unsaturated/α-hetero) is 1. The second-order valence-corrected chi connectivity index (χ2v) is 9.01. The first-order valence-electron chi connectivity index (χ1n) is 11.0. The van der Waals surface area contributed by atoms with Crippen LogP contribution in [0.3, 0.4) is 0 Å². The minimum absolute atomic E-state index is 0.0810. The minimum Gasteiger partial charge on any atom is -0.507 e. The number of amides is 1. The van der Waals surface area contributed by atoms with Gasteiger partial charge >= 0.3 is 11.9 Å². The molecule has 0 unspecified atom stereocenters. The summed E-state index contributed by atoms with van der Waals surface area (Å²) in [5.74, 6) is -2.78. The molecule has 1 N–H and O–H groups in total. The molecule has 36 heavy (non-hydrogen) atoms. The Morgan fingerprint density at radius 3 is 2.47 bits per heavy atom. The summed E-state index contributed by atoms with van der Waals surface area (Å²) in [6, 6.07) is 9.06. The van der Waals surface area contributed by atoms with Gasteiger partial charge in [-0.25, -0.2) is 14.2 Å². The third-order valence-corrected chi connectivity index (χ3v) is 6.91. The molecule has 2 heterocycles. The molecule has 0 radical (unpaired) electrons. The molecule has 186 valence electrons. The smallest absolute Gasteiger partial charge is 0.350 e. The van der Waals surface area contributed by atoms with Crippen molar-refractivity contribution in [3.8, 4) is 5.75 Å². The Morgan fingerprint density at radius 2 is 1.86 bits per heavy atom. The highest BCUT2D eigenvalue weighted by Crippen LogP contribution is 2.44. The van der Waals surface area contributed by atoms with Crippen molar-refractivity contribution in [2.45, 2.75) is 26.8 Å². The Morgan fingerprint density at radius 1 is 1.17 bits per heavy atom. The average Bonchev–Trinajstić information content (AvgIpc) is 3.36. The third-order valence-electron chi connectivity index (χ3n) is 5.77. The molecule has 8 nitrogen and oxygen atoms in total. The summed E-state index contributed by atoms with van der Waals surface area (Å²) in [4.78, 5) is 44.6. The highest BCUT2D eigenvalue weighted by Gasteiger charge is 2.48. The normalized spacial score (nSPS) is 16.9. The molecule has 3 aromatic rings. The molecule has 1 amide bonds. The summed E-state index contributed by atoms with van der Waals surface area (Å²) in [5, 5.41) is 11.4. The topological polar surface area (TPSA) is 106 Å².